The van der Waals surface area contributed by atoms with Crippen LogP contribution in [0.15, 0.2) is 60.7 Å². The molecule has 0 spiro atoms. The van der Waals surface area contributed by atoms with Crippen LogP contribution >= 0.6 is 11.8 Å². The zero-order valence-corrected chi connectivity index (χ0v) is 19.8. The lowest BCUT2D eigenvalue weighted by Gasteiger charge is -2.20. The first-order chi connectivity index (χ1) is 15.3. The number of aliphatic hydroxyl groups excluding tert-OH is 1. The quantitative estimate of drug-likeness (QED) is 0.153. The van der Waals surface area contributed by atoms with Crippen LogP contribution in [-0.4, -0.2) is 38.3 Å². The highest BCUT2D eigenvalue weighted by molar-refractivity contribution is 8.00. The molecule has 0 fully saturated rings. The molecule has 0 radical (unpaired) electrons. The smallest absolute Gasteiger partial charge is 0.335 e. The molecule has 1 rings (SSSR count). The predicted molar refractivity (Wildman–Crippen MR) is 132 cm³/mol. The first-order valence-electron chi connectivity index (χ1n) is 11.1. The van der Waals surface area contributed by atoms with Crippen LogP contribution in [0.1, 0.15) is 74.4 Å². The van der Waals surface area contributed by atoms with Crippen molar-refractivity contribution in [3.8, 4) is 0 Å². The van der Waals surface area contributed by atoms with E-state index in [-0.39, 0.29) is 17.2 Å². The Kier molecular flexibility index (Phi) is 14.2. The fourth-order valence-corrected chi connectivity index (χ4v) is 4.04. The maximum absolute atomic E-state index is 11.2. The molecule has 0 aliphatic rings. The van der Waals surface area contributed by atoms with Crippen molar-refractivity contribution in [2.45, 2.75) is 63.7 Å². The van der Waals surface area contributed by atoms with Crippen molar-refractivity contribution in [2.24, 2.45) is 5.92 Å². The van der Waals surface area contributed by atoms with Gasteiger partial charge in [-0.05, 0) is 55.7 Å². The Morgan fingerprint density at radius 3 is 2.41 bits per heavy atom. The molecule has 0 aromatic heterocycles. The van der Waals surface area contributed by atoms with Gasteiger partial charge in [-0.25, -0.2) is 4.79 Å². The molecule has 0 saturated heterocycles. The van der Waals surface area contributed by atoms with Crippen LogP contribution in [0.3, 0.4) is 0 Å². The van der Waals surface area contributed by atoms with Crippen molar-refractivity contribution < 1.29 is 24.9 Å². The normalized spacial score (nSPS) is 14.0. The van der Waals surface area contributed by atoms with Crippen molar-refractivity contribution in [1.29, 1.82) is 0 Å². The van der Waals surface area contributed by atoms with Crippen LogP contribution in [0.25, 0.3) is 0 Å². The number of allylic oxidation sites excluding steroid dienone is 5. The highest BCUT2D eigenvalue weighted by Crippen LogP contribution is 2.29. The summed E-state index contributed by atoms with van der Waals surface area (Å²) < 4.78 is 0. The Morgan fingerprint density at radius 1 is 1.03 bits per heavy atom. The molecule has 0 heterocycles. The number of aromatic carboxylic acids is 1. The van der Waals surface area contributed by atoms with Crippen molar-refractivity contribution in [2.75, 3.05) is 5.75 Å². The molecule has 0 unspecified atom stereocenters. The molecule has 6 heteroatoms. The van der Waals surface area contributed by atoms with Gasteiger partial charge in [0.15, 0.2) is 0 Å². The largest absolute Gasteiger partial charge is 0.481 e. The van der Waals surface area contributed by atoms with E-state index in [0.717, 1.165) is 32.1 Å². The topological polar surface area (TPSA) is 94.8 Å². The van der Waals surface area contributed by atoms with Crippen LogP contribution in [0.2, 0.25) is 0 Å². The zero-order valence-electron chi connectivity index (χ0n) is 19.0. The molecular formula is C26H36O5S. The van der Waals surface area contributed by atoms with Crippen LogP contribution < -0.4 is 0 Å². The Morgan fingerprint density at radius 2 is 1.75 bits per heavy atom. The Balaban J connectivity index is 2.60. The number of carboxylic acid groups (broad SMARTS) is 2. The maximum atomic E-state index is 11.2. The van der Waals surface area contributed by atoms with Gasteiger partial charge in [-0.3, -0.25) is 4.79 Å². The van der Waals surface area contributed by atoms with E-state index in [1.54, 1.807) is 12.1 Å². The summed E-state index contributed by atoms with van der Waals surface area (Å²) in [5.74, 6) is -0.884. The monoisotopic (exact) mass is 460 g/mol. The molecule has 0 amide bonds. The van der Waals surface area contributed by atoms with Gasteiger partial charge in [-0.1, -0.05) is 62.4 Å². The molecule has 0 bridgehead atoms. The van der Waals surface area contributed by atoms with E-state index in [9.17, 15) is 19.8 Å². The number of thioether (sulfide) groups is 1. The van der Waals surface area contributed by atoms with Crippen LogP contribution in [0.5, 0.6) is 0 Å². The summed E-state index contributed by atoms with van der Waals surface area (Å²) in [5.41, 5.74) is 0.607. The molecule has 1 aromatic carbocycles. The summed E-state index contributed by atoms with van der Waals surface area (Å²) in [6, 6.07) is 6.21. The number of rotatable bonds is 16. The molecule has 0 aliphatic carbocycles. The first-order valence-corrected chi connectivity index (χ1v) is 12.2. The summed E-state index contributed by atoms with van der Waals surface area (Å²) in [4.78, 5) is 22.1. The Bertz CT molecular complexity index is 782. The number of carbonyl (C=O) groups is 2. The number of unbranched alkanes of at least 4 members (excludes halogenated alkanes) is 3. The van der Waals surface area contributed by atoms with Gasteiger partial charge < -0.3 is 15.3 Å². The lowest BCUT2D eigenvalue weighted by atomic mass is 10.0. The summed E-state index contributed by atoms with van der Waals surface area (Å²) in [6.45, 7) is 4.42. The van der Waals surface area contributed by atoms with E-state index >= 15 is 0 Å². The summed E-state index contributed by atoms with van der Waals surface area (Å²) in [5, 5.41) is 28.5. The average molecular weight is 461 g/mol. The van der Waals surface area contributed by atoms with Gasteiger partial charge in [0.05, 0.1) is 23.3 Å². The molecule has 3 N–H and O–H groups in total. The Hall–Kier alpha value is -2.31. The maximum Gasteiger partial charge on any atom is 0.335 e. The van der Waals surface area contributed by atoms with E-state index in [1.165, 1.54) is 23.9 Å². The average Bonchev–Trinajstić information content (AvgIpc) is 2.75. The first kappa shape index (κ1) is 27.7. The summed E-state index contributed by atoms with van der Waals surface area (Å²) in [6.07, 6.45) is 16.8. The number of carboxylic acids is 2. The van der Waals surface area contributed by atoms with Gasteiger partial charge in [-0.15, -0.1) is 0 Å². The minimum absolute atomic E-state index is 0.00164. The molecule has 5 nitrogen and oxygen atoms in total. The standard InChI is InChI=1S/C26H36O5S/c1-20(2)13-10-8-6-4-3-5-7-9-11-16-23(32-18-17-24(27)28)25(29)21-14-12-15-22(19-21)26(30)31/h7-12,14-16,19-20,23,25,29H,3-6,13,17-18H2,1-2H3,(H,27,28)(H,30,31)/b9-7-,10-8-,16-11+/t23-,25+/m1/s1. The SMILES string of the molecule is CC(C)C/C=C\CCCC/C=C\C=C\[C@@H](SCCC(=O)O)[C@@H](O)c1cccc(C(=O)O)c1. The van der Waals surface area contributed by atoms with Crippen molar-refractivity contribution >= 4 is 23.7 Å². The number of aliphatic carboxylic acids is 1. The van der Waals surface area contributed by atoms with Crippen LogP contribution in [-0.2, 0) is 4.79 Å². The van der Waals surface area contributed by atoms with Crippen molar-refractivity contribution in [3.63, 3.8) is 0 Å². The highest BCUT2D eigenvalue weighted by atomic mass is 32.2. The predicted octanol–water partition coefficient (Wildman–Crippen LogP) is 6.27. The number of benzene rings is 1. The minimum atomic E-state index is -1.05. The van der Waals surface area contributed by atoms with E-state index < -0.39 is 18.0 Å². The molecule has 32 heavy (non-hydrogen) atoms. The third-order valence-corrected chi connectivity index (χ3v) is 5.97. The third kappa shape index (κ3) is 12.5. The van der Waals surface area contributed by atoms with E-state index in [4.69, 9.17) is 5.11 Å². The van der Waals surface area contributed by atoms with Crippen LogP contribution in [0.4, 0.5) is 0 Å². The number of hydrogen-bond acceptors (Lipinski definition) is 4. The summed E-state index contributed by atoms with van der Waals surface area (Å²) in [7, 11) is 0. The van der Waals surface area contributed by atoms with Crippen molar-refractivity contribution in [3.05, 3.63) is 71.8 Å². The molecule has 176 valence electrons. The Labute approximate surface area is 195 Å². The second kappa shape index (κ2) is 16.3. The molecule has 0 aliphatic heterocycles. The number of hydrogen-bond donors (Lipinski definition) is 3. The molecular weight excluding hydrogens is 424 g/mol. The van der Waals surface area contributed by atoms with Gasteiger partial charge in [-0.2, -0.15) is 11.8 Å². The zero-order chi connectivity index (χ0) is 23.8. The lowest BCUT2D eigenvalue weighted by molar-refractivity contribution is -0.136. The van der Waals surface area contributed by atoms with Gasteiger partial charge >= 0.3 is 11.9 Å². The van der Waals surface area contributed by atoms with Gasteiger partial charge in [0.25, 0.3) is 0 Å². The molecule has 0 saturated carbocycles. The number of aliphatic hydroxyl groups is 1. The van der Waals surface area contributed by atoms with Crippen LogP contribution in [0, 0.1) is 5.92 Å². The molecule has 2 atom stereocenters. The van der Waals surface area contributed by atoms with Crippen molar-refractivity contribution in [1.82, 2.24) is 0 Å². The second-order valence-electron chi connectivity index (χ2n) is 8.05. The van der Waals surface area contributed by atoms with Gasteiger partial charge in [0.2, 0.25) is 0 Å². The third-order valence-electron chi connectivity index (χ3n) is 4.73. The van der Waals surface area contributed by atoms with E-state index in [2.05, 4.69) is 32.1 Å². The van der Waals surface area contributed by atoms with Gasteiger partial charge in [0.1, 0.15) is 0 Å². The molecule has 1 aromatic rings. The summed E-state index contributed by atoms with van der Waals surface area (Å²) >= 11 is 1.34. The lowest BCUT2D eigenvalue weighted by Crippen LogP contribution is -2.15. The van der Waals surface area contributed by atoms with E-state index in [1.807, 2.05) is 18.2 Å². The highest BCUT2D eigenvalue weighted by Gasteiger charge is 2.20. The van der Waals surface area contributed by atoms with E-state index in [0.29, 0.717) is 17.2 Å². The second-order valence-corrected chi connectivity index (χ2v) is 9.34. The fourth-order valence-electron chi connectivity index (χ4n) is 2.94. The minimum Gasteiger partial charge on any atom is -0.481 e. The fraction of sp³-hybridized carbons (Fsp3) is 0.462. The van der Waals surface area contributed by atoms with Gasteiger partial charge in [0, 0.05) is 5.75 Å².